The number of hydrogen-bond acceptors (Lipinski definition) is 2. The molecule has 0 saturated heterocycles. The minimum absolute atomic E-state index is 0.0376. The first-order chi connectivity index (χ1) is 11.2. The Kier molecular flexibility index (Phi) is 4.72. The van der Waals surface area contributed by atoms with Crippen molar-refractivity contribution >= 4 is 0 Å². The molecule has 0 fully saturated rings. The van der Waals surface area contributed by atoms with E-state index in [4.69, 9.17) is 0 Å². The number of hydrogen-bond donors (Lipinski definition) is 0. The van der Waals surface area contributed by atoms with Gasteiger partial charge in [0, 0.05) is 44.4 Å². The Balaban J connectivity index is 1.77. The average Bonchev–Trinajstić information content (AvgIpc) is 2.75. The van der Waals surface area contributed by atoms with Crippen LogP contribution in [0, 0.1) is 5.82 Å². The highest BCUT2D eigenvalue weighted by molar-refractivity contribution is 5.24. The molecule has 0 saturated carbocycles. The van der Waals surface area contributed by atoms with E-state index in [1.807, 2.05) is 22.8 Å². The van der Waals surface area contributed by atoms with Gasteiger partial charge in [0.25, 0.3) is 5.56 Å². The predicted octanol–water partition coefficient (Wildman–Crippen LogP) is 2.77. The summed E-state index contributed by atoms with van der Waals surface area (Å²) in [4.78, 5) is 14.4. The number of halogens is 1. The molecule has 0 amide bonds. The second-order valence-electron chi connectivity index (χ2n) is 5.95. The van der Waals surface area contributed by atoms with Crippen LogP contribution in [0.2, 0.25) is 0 Å². The monoisotopic (exact) mass is 312 g/mol. The minimum atomic E-state index is -0.203. The van der Waals surface area contributed by atoms with E-state index >= 15 is 0 Å². The van der Waals surface area contributed by atoms with Crippen LogP contribution in [0.15, 0.2) is 53.8 Å². The fourth-order valence-corrected chi connectivity index (χ4v) is 3.18. The van der Waals surface area contributed by atoms with E-state index in [2.05, 4.69) is 11.5 Å². The van der Waals surface area contributed by atoms with Crippen molar-refractivity contribution < 1.29 is 4.39 Å². The van der Waals surface area contributed by atoms with Crippen molar-refractivity contribution in [1.82, 2.24) is 9.47 Å². The second kappa shape index (κ2) is 6.92. The first kappa shape index (κ1) is 15.7. The van der Waals surface area contributed by atoms with Crippen LogP contribution >= 0.6 is 0 Å². The van der Waals surface area contributed by atoms with Gasteiger partial charge in [0.05, 0.1) is 0 Å². The van der Waals surface area contributed by atoms with Gasteiger partial charge in [-0.1, -0.05) is 24.3 Å². The zero-order valence-electron chi connectivity index (χ0n) is 13.2. The van der Waals surface area contributed by atoms with Crippen LogP contribution in [-0.2, 0) is 25.9 Å². The third-order valence-electron chi connectivity index (χ3n) is 4.38. The summed E-state index contributed by atoms with van der Waals surface area (Å²) in [5.41, 5.74) is 3.52. The lowest BCUT2D eigenvalue weighted by molar-refractivity contribution is 0.278. The summed E-state index contributed by atoms with van der Waals surface area (Å²) in [7, 11) is 0. The van der Waals surface area contributed by atoms with Crippen LogP contribution in [0.4, 0.5) is 4.39 Å². The van der Waals surface area contributed by atoms with Crippen LogP contribution in [0.1, 0.15) is 16.8 Å². The summed E-state index contributed by atoms with van der Waals surface area (Å²) in [6.07, 6.45) is 3.54. The number of nitrogens with zero attached hydrogens (tertiary/aromatic N) is 2. The molecule has 0 radical (unpaired) electrons. The molecule has 0 unspecified atom stereocenters. The highest BCUT2D eigenvalue weighted by Crippen LogP contribution is 2.16. The van der Waals surface area contributed by atoms with E-state index in [0.29, 0.717) is 6.54 Å². The van der Waals surface area contributed by atoms with Gasteiger partial charge in [0.2, 0.25) is 0 Å². The molecule has 23 heavy (non-hydrogen) atoms. The number of rotatable bonds is 4. The summed E-state index contributed by atoms with van der Waals surface area (Å²) in [6.45, 7) is 6.94. The lowest BCUT2D eigenvalue weighted by atomic mass is 10.1. The molecule has 2 aromatic rings. The molecule has 1 aliphatic heterocycles. The average molecular weight is 312 g/mol. The molecule has 1 aliphatic rings. The van der Waals surface area contributed by atoms with E-state index in [1.54, 1.807) is 12.1 Å². The zero-order valence-corrected chi connectivity index (χ0v) is 13.2. The Morgan fingerprint density at radius 2 is 1.83 bits per heavy atom. The van der Waals surface area contributed by atoms with E-state index in [0.717, 1.165) is 43.7 Å². The van der Waals surface area contributed by atoms with Gasteiger partial charge in [-0.15, -0.1) is 6.58 Å². The van der Waals surface area contributed by atoms with E-state index < -0.39 is 0 Å². The second-order valence-corrected chi connectivity index (χ2v) is 5.95. The molecule has 4 heteroatoms. The molecule has 2 heterocycles. The Morgan fingerprint density at radius 1 is 1.09 bits per heavy atom. The molecule has 1 aromatic heterocycles. The third-order valence-corrected chi connectivity index (χ3v) is 4.38. The Morgan fingerprint density at radius 3 is 2.57 bits per heavy atom. The quantitative estimate of drug-likeness (QED) is 0.811. The highest BCUT2D eigenvalue weighted by Gasteiger charge is 2.17. The maximum atomic E-state index is 13.0. The van der Waals surface area contributed by atoms with Crippen molar-refractivity contribution in [2.75, 3.05) is 13.1 Å². The smallest absolute Gasteiger partial charge is 0.251 e. The predicted molar refractivity (Wildman–Crippen MR) is 90.0 cm³/mol. The maximum Gasteiger partial charge on any atom is 0.251 e. The van der Waals surface area contributed by atoms with Gasteiger partial charge in [-0.3, -0.25) is 9.69 Å². The topological polar surface area (TPSA) is 25.2 Å². The number of aromatic nitrogens is 1. The van der Waals surface area contributed by atoms with Gasteiger partial charge >= 0.3 is 0 Å². The van der Waals surface area contributed by atoms with Gasteiger partial charge in [-0.05, 0) is 29.7 Å². The number of benzene rings is 1. The molecule has 3 nitrogen and oxygen atoms in total. The van der Waals surface area contributed by atoms with Gasteiger partial charge in [0.1, 0.15) is 5.82 Å². The van der Waals surface area contributed by atoms with Crippen LogP contribution in [0.3, 0.4) is 0 Å². The third kappa shape index (κ3) is 3.59. The van der Waals surface area contributed by atoms with Crippen molar-refractivity contribution in [3.8, 4) is 0 Å². The molecular weight excluding hydrogens is 291 g/mol. The van der Waals surface area contributed by atoms with Crippen molar-refractivity contribution in [3.63, 3.8) is 0 Å². The van der Waals surface area contributed by atoms with E-state index in [9.17, 15) is 9.18 Å². The highest BCUT2D eigenvalue weighted by atomic mass is 19.1. The molecule has 1 aromatic carbocycles. The molecule has 120 valence electrons. The number of fused-ring (bicyclic) bond motifs is 1. The van der Waals surface area contributed by atoms with Gasteiger partial charge in [-0.25, -0.2) is 4.39 Å². The lowest BCUT2D eigenvalue weighted by Gasteiger charge is -2.19. The van der Waals surface area contributed by atoms with E-state index in [1.165, 1.54) is 17.7 Å². The maximum absolute atomic E-state index is 13.0. The molecule has 0 N–H and O–H groups in total. The van der Waals surface area contributed by atoms with Crippen LogP contribution in [0.5, 0.6) is 0 Å². The lowest BCUT2D eigenvalue weighted by Crippen LogP contribution is -2.27. The summed E-state index contributed by atoms with van der Waals surface area (Å²) in [5, 5.41) is 0. The first-order valence-corrected chi connectivity index (χ1v) is 7.96. The Labute approximate surface area is 135 Å². The standard InChI is InChI=1S/C19H21FN2O/c1-2-11-22-18-10-13-21(12-9-16(18)5-8-19(22)23)14-15-3-6-17(20)7-4-15/h2-8H,1,9-14H2. The van der Waals surface area contributed by atoms with Crippen LogP contribution < -0.4 is 5.56 Å². The summed E-state index contributed by atoms with van der Waals surface area (Å²) in [5.74, 6) is -0.203. The summed E-state index contributed by atoms with van der Waals surface area (Å²) >= 11 is 0. The van der Waals surface area contributed by atoms with Crippen molar-refractivity contribution in [1.29, 1.82) is 0 Å². The normalized spacial score (nSPS) is 15.0. The fraction of sp³-hybridized carbons (Fsp3) is 0.316. The van der Waals surface area contributed by atoms with Crippen molar-refractivity contribution in [2.45, 2.75) is 25.9 Å². The molecular formula is C19H21FN2O. The molecule has 0 spiro atoms. The van der Waals surface area contributed by atoms with Crippen molar-refractivity contribution in [3.05, 3.63) is 82.0 Å². The molecule has 0 bridgehead atoms. The first-order valence-electron chi connectivity index (χ1n) is 7.96. The summed E-state index contributed by atoms with van der Waals surface area (Å²) in [6, 6.07) is 10.3. The number of allylic oxidation sites excluding steroid dienone is 1. The zero-order chi connectivity index (χ0) is 16.2. The number of pyridine rings is 1. The van der Waals surface area contributed by atoms with Crippen LogP contribution in [0.25, 0.3) is 0 Å². The fourth-order valence-electron chi connectivity index (χ4n) is 3.18. The van der Waals surface area contributed by atoms with Gasteiger partial charge in [-0.2, -0.15) is 0 Å². The molecule has 3 rings (SSSR count). The minimum Gasteiger partial charge on any atom is -0.309 e. The van der Waals surface area contributed by atoms with Crippen LogP contribution in [-0.4, -0.2) is 22.6 Å². The van der Waals surface area contributed by atoms with Gasteiger partial charge in [0.15, 0.2) is 0 Å². The molecule has 0 atom stereocenters. The molecule has 0 aliphatic carbocycles. The van der Waals surface area contributed by atoms with E-state index in [-0.39, 0.29) is 11.4 Å². The summed E-state index contributed by atoms with van der Waals surface area (Å²) < 4.78 is 14.8. The Hall–Kier alpha value is -2.20. The SMILES string of the molecule is C=CCn1c2c(ccc1=O)CCN(Cc1ccc(F)cc1)CC2. The van der Waals surface area contributed by atoms with Crippen molar-refractivity contribution in [2.24, 2.45) is 0 Å². The largest absolute Gasteiger partial charge is 0.309 e. The van der Waals surface area contributed by atoms with Gasteiger partial charge < -0.3 is 4.57 Å². The Bertz CT molecular complexity index is 749.